The molecule has 2 aromatic carbocycles. The van der Waals surface area contributed by atoms with Crippen LogP contribution in [0, 0.1) is 0 Å². The van der Waals surface area contributed by atoms with E-state index in [2.05, 4.69) is 6.58 Å². The van der Waals surface area contributed by atoms with Gasteiger partial charge in [0.1, 0.15) is 6.10 Å². The average molecular weight is 300 g/mol. The van der Waals surface area contributed by atoms with Crippen LogP contribution in [0.25, 0.3) is 0 Å². The molecule has 2 aromatic rings. The molecule has 0 bridgehead atoms. The number of hydrogen-bond donors (Lipinski definition) is 1. The lowest BCUT2D eigenvalue weighted by atomic mass is 10.1. The van der Waals surface area contributed by atoms with E-state index in [1.165, 1.54) is 14.2 Å². The molecule has 0 saturated carbocycles. The number of hydrogen-bond acceptors (Lipinski definition) is 4. The molecule has 0 radical (unpaired) electrons. The molecule has 2 rings (SSSR count). The highest BCUT2D eigenvalue weighted by Gasteiger charge is 2.16. The Labute approximate surface area is 130 Å². The van der Waals surface area contributed by atoms with Gasteiger partial charge in [-0.1, -0.05) is 36.4 Å². The number of rotatable bonds is 7. The zero-order chi connectivity index (χ0) is 15.9. The maximum Gasteiger partial charge on any atom is 0.200 e. The molecule has 0 aliphatic rings. The van der Waals surface area contributed by atoms with Gasteiger partial charge in [0.2, 0.25) is 5.75 Å². The first kappa shape index (κ1) is 15.9. The van der Waals surface area contributed by atoms with Crippen LogP contribution in [0.5, 0.6) is 17.2 Å². The lowest BCUT2D eigenvalue weighted by molar-refractivity contribution is 0.0717. The maximum atomic E-state index is 9.96. The molecule has 0 spiro atoms. The maximum absolute atomic E-state index is 9.96. The molecule has 1 atom stereocenters. The second-order valence-corrected chi connectivity index (χ2v) is 4.73. The molecular formula is C18H20O4. The quantitative estimate of drug-likeness (QED) is 0.789. The molecule has 0 aromatic heterocycles. The van der Waals surface area contributed by atoms with Crippen LogP contribution in [-0.2, 0) is 11.3 Å². The van der Waals surface area contributed by atoms with Crippen molar-refractivity contribution in [3.8, 4) is 17.2 Å². The van der Waals surface area contributed by atoms with Crippen molar-refractivity contribution >= 4 is 0 Å². The Kier molecular flexibility index (Phi) is 5.44. The second kappa shape index (κ2) is 7.52. The summed E-state index contributed by atoms with van der Waals surface area (Å²) in [5.41, 5.74) is 1.88. The first-order valence-electron chi connectivity index (χ1n) is 6.92. The number of phenolic OH excluding ortho intramolecular Hbond substituents is 1. The average Bonchev–Trinajstić information content (AvgIpc) is 2.57. The highest BCUT2D eigenvalue weighted by Crippen LogP contribution is 2.39. The van der Waals surface area contributed by atoms with Gasteiger partial charge in [0.25, 0.3) is 0 Å². The lowest BCUT2D eigenvalue weighted by Gasteiger charge is -2.17. The van der Waals surface area contributed by atoms with E-state index < -0.39 is 0 Å². The fourth-order valence-corrected chi connectivity index (χ4v) is 2.14. The third-order valence-electron chi connectivity index (χ3n) is 3.32. The smallest absolute Gasteiger partial charge is 0.200 e. The largest absolute Gasteiger partial charge is 0.502 e. The third kappa shape index (κ3) is 3.59. The van der Waals surface area contributed by atoms with E-state index in [4.69, 9.17) is 14.2 Å². The minimum Gasteiger partial charge on any atom is -0.502 e. The summed E-state index contributed by atoms with van der Waals surface area (Å²) in [6.45, 7) is 4.28. The van der Waals surface area contributed by atoms with Crippen LogP contribution in [0.3, 0.4) is 0 Å². The zero-order valence-electron chi connectivity index (χ0n) is 12.8. The van der Waals surface area contributed by atoms with Crippen LogP contribution in [0.1, 0.15) is 17.2 Å². The predicted octanol–water partition coefficient (Wildman–Crippen LogP) is 3.85. The SMILES string of the molecule is C=CC(OCc1ccccc1)c1cc(OC)c(O)c(OC)c1. The van der Waals surface area contributed by atoms with Crippen molar-refractivity contribution in [2.24, 2.45) is 0 Å². The van der Waals surface area contributed by atoms with Crippen LogP contribution >= 0.6 is 0 Å². The van der Waals surface area contributed by atoms with Gasteiger partial charge in [-0.3, -0.25) is 0 Å². The fraction of sp³-hybridized carbons (Fsp3) is 0.222. The van der Waals surface area contributed by atoms with Gasteiger partial charge in [-0.15, -0.1) is 6.58 Å². The van der Waals surface area contributed by atoms with Crippen molar-refractivity contribution in [3.05, 3.63) is 66.2 Å². The molecule has 116 valence electrons. The van der Waals surface area contributed by atoms with Crippen LogP contribution in [-0.4, -0.2) is 19.3 Å². The number of ether oxygens (including phenoxy) is 3. The number of benzene rings is 2. The van der Waals surface area contributed by atoms with Gasteiger partial charge in [-0.2, -0.15) is 0 Å². The van der Waals surface area contributed by atoms with Gasteiger partial charge in [-0.25, -0.2) is 0 Å². The highest BCUT2D eigenvalue weighted by molar-refractivity contribution is 5.53. The van der Waals surface area contributed by atoms with Gasteiger partial charge in [-0.05, 0) is 23.3 Å². The van der Waals surface area contributed by atoms with Gasteiger partial charge < -0.3 is 19.3 Å². The molecule has 1 unspecified atom stereocenters. The summed E-state index contributed by atoms with van der Waals surface area (Å²) in [7, 11) is 2.98. The van der Waals surface area contributed by atoms with E-state index in [1.807, 2.05) is 30.3 Å². The highest BCUT2D eigenvalue weighted by atomic mass is 16.5. The minimum atomic E-state index is -0.330. The Bertz CT molecular complexity index is 597. The Morgan fingerprint density at radius 3 is 2.18 bits per heavy atom. The molecule has 1 N–H and O–H groups in total. The summed E-state index contributed by atoms with van der Waals surface area (Å²) in [5.74, 6) is 0.647. The van der Waals surface area contributed by atoms with Crippen molar-refractivity contribution in [2.75, 3.05) is 14.2 Å². The van der Waals surface area contributed by atoms with E-state index >= 15 is 0 Å². The summed E-state index contributed by atoms with van der Waals surface area (Å²) < 4.78 is 16.2. The van der Waals surface area contributed by atoms with Crippen molar-refractivity contribution < 1.29 is 19.3 Å². The molecule has 0 saturated heterocycles. The summed E-state index contributed by atoms with van der Waals surface area (Å²) in [5, 5.41) is 9.96. The molecule has 0 heterocycles. The fourth-order valence-electron chi connectivity index (χ4n) is 2.14. The number of methoxy groups -OCH3 is 2. The molecular weight excluding hydrogens is 280 g/mol. The Balaban J connectivity index is 2.21. The van der Waals surface area contributed by atoms with Crippen LogP contribution < -0.4 is 9.47 Å². The van der Waals surface area contributed by atoms with E-state index in [9.17, 15) is 5.11 Å². The zero-order valence-corrected chi connectivity index (χ0v) is 12.8. The monoisotopic (exact) mass is 300 g/mol. The molecule has 0 aliphatic heterocycles. The number of aromatic hydroxyl groups is 1. The van der Waals surface area contributed by atoms with Crippen LogP contribution in [0.4, 0.5) is 0 Å². The topological polar surface area (TPSA) is 47.9 Å². The molecule has 0 fully saturated rings. The summed E-state index contributed by atoms with van der Waals surface area (Å²) >= 11 is 0. The van der Waals surface area contributed by atoms with Gasteiger partial charge in [0.05, 0.1) is 20.8 Å². The van der Waals surface area contributed by atoms with Crippen molar-refractivity contribution in [1.82, 2.24) is 0 Å². The van der Waals surface area contributed by atoms with Gasteiger partial charge in [0.15, 0.2) is 11.5 Å². The molecule has 0 aliphatic carbocycles. The van der Waals surface area contributed by atoms with Crippen molar-refractivity contribution in [3.63, 3.8) is 0 Å². The van der Waals surface area contributed by atoms with Crippen LogP contribution in [0.15, 0.2) is 55.1 Å². The van der Waals surface area contributed by atoms with E-state index in [0.717, 1.165) is 11.1 Å². The molecule has 4 nitrogen and oxygen atoms in total. The lowest BCUT2D eigenvalue weighted by Crippen LogP contribution is -2.03. The Morgan fingerprint density at radius 1 is 1.09 bits per heavy atom. The van der Waals surface area contributed by atoms with Crippen molar-refractivity contribution in [1.29, 1.82) is 0 Å². The second-order valence-electron chi connectivity index (χ2n) is 4.73. The summed E-state index contributed by atoms with van der Waals surface area (Å²) in [6.07, 6.45) is 1.37. The third-order valence-corrected chi connectivity index (χ3v) is 3.32. The van der Waals surface area contributed by atoms with Crippen molar-refractivity contribution in [2.45, 2.75) is 12.7 Å². The van der Waals surface area contributed by atoms with E-state index in [1.54, 1.807) is 18.2 Å². The van der Waals surface area contributed by atoms with E-state index in [-0.39, 0.29) is 11.9 Å². The molecule has 4 heteroatoms. The predicted molar refractivity (Wildman–Crippen MR) is 85.4 cm³/mol. The summed E-state index contributed by atoms with van der Waals surface area (Å²) in [6, 6.07) is 13.3. The van der Waals surface area contributed by atoms with E-state index in [0.29, 0.717) is 18.1 Å². The number of phenols is 1. The normalized spacial score (nSPS) is 11.7. The summed E-state index contributed by atoms with van der Waals surface area (Å²) in [4.78, 5) is 0. The Morgan fingerprint density at radius 2 is 1.68 bits per heavy atom. The Hall–Kier alpha value is -2.46. The first-order chi connectivity index (χ1) is 10.7. The van der Waals surface area contributed by atoms with Gasteiger partial charge >= 0.3 is 0 Å². The van der Waals surface area contributed by atoms with Crippen LogP contribution in [0.2, 0.25) is 0 Å². The molecule has 0 amide bonds. The molecule has 22 heavy (non-hydrogen) atoms. The van der Waals surface area contributed by atoms with Gasteiger partial charge in [0, 0.05) is 0 Å². The minimum absolute atomic E-state index is 0.0281. The first-order valence-corrected chi connectivity index (χ1v) is 6.92. The standard InChI is InChI=1S/C18H20O4/c1-4-15(22-12-13-8-6-5-7-9-13)14-10-16(20-2)18(19)17(11-14)21-3/h4-11,15,19H,1,12H2,2-3H3.